The summed E-state index contributed by atoms with van der Waals surface area (Å²) < 4.78 is 1.70. The molecule has 1 aliphatic heterocycles. The molecule has 2 aromatic heterocycles. The van der Waals surface area contributed by atoms with E-state index in [0.717, 1.165) is 31.0 Å². The van der Waals surface area contributed by atoms with Gasteiger partial charge in [-0.3, -0.25) is 19.4 Å². The Labute approximate surface area is 136 Å². The number of piperidine rings is 1. The van der Waals surface area contributed by atoms with E-state index in [1.54, 1.807) is 4.68 Å². The molecule has 0 spiro atoms. The number of nitrogens with one attached hydrogen (secondary N) is 1. The van der Waals surface area contributed by atoms with Crippen molar-refractivity contribution in [1.29, 1.82) is 0 Å². The van der Waals surface area contributed by atoms with Crippen molar-refractivity contribution in [3.05, 3.63) is 41.9 Å². The minimum absolute atomic E-state index is 0.0170. The van der Waals surface area contributed by atoms with Crippen molar-refractivity contribution in [2.75, 3.05) is 25.0 Å². The average molecular weight is 313 g/mol. The third-order valence-corrected chi connectivity index (χ3v) is 4.32. The van der Waals surface area contributed by atoms with Gasteiger partial charge in [0.15, 0.2) is 0 Å². The molecule has 1 atom stereocenters. The zero-order valence-electron chi connectivity index (χ0n) is 13.7. The zero-order chi connectivity index (χ0) is 16.2. The van der Waals surface area contributed by atoms with Gasteiger partial charge in [0.05, 0.1) is 12.2 Å². The van der Waals surface area contributed by atoms with Crippen LogP contribution in [-0.2, 0) is 11.8 Å². The van der Waals surface area contributed by atoms with Crippen LogP contribution in [0.25, 0.3) is 0 Å². The van der Waals surface area contributed by atoms with Crippen molar-refractivity contribution >= 4 is 11.7 Å². The second kappa shape index (κ2) is 6.91. The maximum Gasteiger partial charge on any atom is 0.239 e. The summed E-state index contributed by atoms with van der Waals surface area (Å²) >= 11 is 0. The molecule has 0 saturated carbocycles. The molecule has 1 amide bonds. The molecule has 1 saturated heterocycles. The highest BCUT2D eigenvalue weighted by atomic mass is 16.2. The summed E-state index contributed by atoms with van der Waals surface area (Å²) in [5.74, 6) is 1.25. The molecular weight excluding hydrogens is 290 g/mol. The van der Waals surface area contributed by atoms with Crippen LogP contribution in [0.4, 0.5) is 5.82 Å². The predicted octanol–water partition coefficient (Wildman–Crippen LogP) is 1.94. The quantitative estimate of drug-likeness (QED) is 0.937. The number of pyridine rings is 1. The smallest absolute Gasteiger partial charge is 0.239 e. The van der Waals surface area contributed by atoms with Gasteiger partial charge in [0.2, 0.25) is 5.91 Å². The molecule has 0 radical (unpaired) electrons. The van der Waals surface area contributed by atoms with Crippen LogP contribution in [0.1, 0.15) is 30.0 Å². The van der Waals surface area contributed by atoms with Gasteiger partial charge < -0.3 is 5.32 Å². The Balaban J connectivity index is 1.57. The third-order valence-electron chi connectivity index (χ3n) is 4.32. The van der Waals surface area contributed by atoms with E-state index >= 15 is 0 Å². The first-order valence-electron chi connectivity index (χ1n) is 8.04. The van der Waals surface area contributed by atoms with Crippen LogP contribution in [0.15, 0.2) is 30.6 Å². The first kappa shape index (κ1) is 15.7. The standard InChI is InChI=1S/C17H23N5O/c1-13-10-16(21(2)20-13)19-17(23)12-22-9-3-4-15(11-22)14-5-7-18-8-6-14/h5-8,10,15H,3-4,9,11-12H2,1-2H3,(H,19,23)/t15-/m1/s1. The largest absolute Gasteiger partial charge is 0.310 e. The number of amides is 1. The molecule has 6 nitrogen and oxygen atoms in total. The highest BCUT2D eigenvalue weighted by Crippen LogP contribution is 2.26. The first-order chi connectivity index (χ1) is 11.1. The van der Waals surface area contributed by atoms with E-state index in [-0.39, 0.29) is 5.91 Å². The van der Waals surface area contributed by atoms with Crippen molar-refractivity contribution in [2.45, 2.75) is 25.7 Å². The Kier molecular flexibility index (Phi) is 4.71. The van der Waals surface area contributed by atoms with Crippen molar-refractivity contribution in [2.24, 2.45) is 7.05 Å². The normalized spacial score (nSPS) is 18.8. The van der Waals surface area contributed by atoms with Gasteiger partial charge in [0.25, 0.3) is 0 Å². The van der Waals surface area contributed by atoms with E-state index in [2.05, 4.69) is 32.4 Å². The minimum Gasteiger partial charge on any atom is -0.310 e. The van der Waals surface area contributed by atoms with Crippen LogP contribution in [-0.4, -0.2) is 45.2 Å². The van der Waals surface area contributed by atoms with Crippen LogP contribution in [0.5, 0.6) is 0 Å². The number of carbonyl (C=O) groups excluding carboxylic acids is 1. The second-order valence-electron chi connectivity index (χ2n) is 6.20. The van der Waals surface area contributed by atoms with Gasteiger partial charge in [-0.1, -0.05) is 0 Å². The highest BCUT2D eigenvalue weighted by molar-refractivity contribution is 5.91. The summed E-state index contributed by atoms with van der Waals surface area (Å²) in [6.45, 7) is 4.23. The molecule has 1 N–H and O–H groups in total. The Morgan fingerprint density at radius 2 is 2.17 bits per heavy atom. The Bertz CT molecular complexity index is 667. The van der Waals surface area contributed by atoms with E-state index in [1.807, 2.05) is 32.4 Å². The summed E-state index contributed by atoms with van der Waals surface area (Å²) in [4.78, 5) is 18.6. The van der Waals surface area contributed by atoms with Gasteiger partial charge in [-0.15, -0.1) is 0 Å². The molecule has 122 valence electrons. The number of nitrogens with zero attached hydrogens (tertiary/aromatic N) is 4. The molecule has 1 aliphatic rings. The lowest BCUT2D eigenvalue weighted by Gasteiger charge is -2.32. The van der Waals surface area contributed by atoms with Gasteiger partial charge in [-0.05, 0) is 49.9 Å². The molecule has 0 unspecified atom stereocenters. The summed E-state index contributed by atoms with van der Waals surface area (Å²) in [5, 5.41) is 7.19. The lowest BCUT2D eigenvalue weighted by Crippen LogP contribution is -2.40. The van der Waals surface area contributed by atoms with Gasteiger partial charge in [0.1, 0.15) is 5.82 Å². The summed E-state index contributed by atoms with van der Waals surface area (Å²) in [6, 6.07) is 6.03. The van der Waals surface area contributed by atoms with Crippen molar-refractivity contribution < 1.29 is 4.79 Å². The van der Waals surface area contributed by atoms with Gasteiger partial charge >= 0.3 is 0 Å². The molecule has 23 heavy (non-hydrogen) atoms. The second-order valence-corrected chi connectivity index (χ2v) is 6.20. The number of aromatic nitrogens is 3. The van der Waals surface area contributed by atoms with E-state index in [9.17, 15) is 4.79 Å². The number of hydrogen-bond acceptors (Lipinski definition) is 4. The van der Waals surface area contributed by atoms with Crippen molar-refractivity contribution in [3.8, 4) is 0 Å². The Morgan fingerprint density at radius 1 is 1.39 bits per heavy atom. The van der Waals surface area contributed by atoms with E-state index < -0.39 is 0 Å². The fourth-order valence-corrected chi connectivity index (χ4v) is 3.22. The Morgan fingerprint density at radius 3 is 2.87 bits per heavy atom. The maximum absolute atomic E-state index is 12.3. The van der Waals surface area contributed by atoms with Gasteiger partial charge in [-0.25, -0.2) is 0 Å². The fourth-order valence-electron chi connectivity index (χ4n) is 3.22. The molecule has 3 rings (SSSR count). The zero-order valence-corrected chi connectivity index (χ0v) is 13.7. The SMILES string of the molecule is Cc1cc(NC(=O)CN2CCC[C@@H](c3ccncc3)C2)n(C)n1. The van der Waals surface area contributed by atoms with Crippen molar-refractivity contribution in [1.82, 2.24) is 19.7 Å². The van der Waals surface area contributed by atoms with Crippen LogP contribution >= 0.6 is 0 Å². The lowest BCUT2D eigenvalue weighted by molar-refractivity contribution is -0.117. The monoisotopic (exact) mass is 313 g/mol. The number of aryl methyl sites for hydroxylation is 2. The molecule has 0 aliphatic carbocycles. The summed E-state index contributed by atoms with van der Waals surface area (Å²) in [7, 11) is 1.84. The molecule has 2 aromatic rings. The highest BCUT2D eigenvalue weighted by Gasteiger charge is 2.23. The van der Waals surface area contributed by atoms with Crippen LogP contribution in [0.2, 0.25) is 0 Å². The number of likely N-dealkylation sites (tertiary alicyclic amines) is 1. The Hall–Kier alpha value is -2.21. The fraction of sp³-hybridized carbons (Fsp3) is 0.471. The summed E-state index contributed by atoms with van der Waals surface area (Å²) in [5.41, 5.74) is 2.21. The average Bonchev–Trinajstić information content (AvgIpc) is 2.86. The molecule has 1 fully saturated rings. The number of carbonyl (C=O) groups is 1. The van der Waals surface area contributed by atoms with Gasteiger partial charge in [-0.2, -0.15) is 5.10 Å². The maximum atomic E-state index is 12.3. The topological polar surface area (TPSA) is 63.1 Å². The third kappa shape index (κ3) is 3.96. The molecule has 0 aromatic carbocycles. The lowest BCUT2D eigenvalue weighted by atomic mass is 9.91. The molecular formula is C17H23N5O. The summed E-state index contributed by atoms with van der Waals surface area (Å²) in [6.07, 6.45) is 5.96. The number of rotatable bonds is 4. The van der Waals surface area contributed by atoms with E-state index in [1.165, 1.54) is 12.0 Å². The van der Waals surface area contributed by atoms with E-state index in [0.29, 0.717) is 12.5 Å². The van der Waals surface area contributed by atoms with E-state index in [4.69, 9.17) is 0 Å². The van der Waals surface area contributed by atoms with Crippen LogP contribution < -0.4 is 5.32 Å². The predicted molar refractivity (Wildman–Crippen MR) is 89.2 cm³/mol. The minimum atomic E-state index is 0.0170. The van der Waals surface area contributed by atoms with Crippen LogP contribution in [0, 0.1) is 6.92 Å². The molecule has 6 heteroatoms. The molecule has 3 heterocycles. The first-order valence-corrected chi connectivity index (χ1v) is 8.04. The van der Waals surface area contributed by atoms with Crippen LogP contribution in [0.3, 0.4) is 0 Å². The molecule has 0 bridgehead atoms. The van der Waals surface area contributed by atoms with Gasteiger partial charge in [0, 0.05) is 32.1 Å². The number of hydrogen-bond donors (Lipinski definition) is 1. The number of anilines is 1. The van der Waals surface area contributed by atoms with Crippen molar-refractivity contribution in [3.63, 3.8) is 0 Å².